The molecule has 7 heteroatoms. The smallest absolute Gasteiger partial charge is 0.249 e. The molecule has 0 unspecified atom stereocenters. The van der Waals surface area contributed by atoms with E-state index in [0.29, 0.717) is 16.7 Å². The fraction of sp³-hybridized carbons (Fsp3) is 0.167. The quantitative estimate of drug-likeness (QED) is 0.560. The molecular formula is C18H15N3O3S. The number of para-hydroxylation sites is 1. The SMILES string of the molecule is CCS(=O)(=O)c1cc2ccccc2nc1-c1nc2cc(C)cnc2o1. The van der Waals surface area contributed by atoms with Gasteiger partial charge in [0, 0.05) is 11.6 Å². The maximum Gasteiger partial charge on any atom is 0.249 e. The first-order chi connectivity index (χ1) is 12.0. The Hall–Kier alpha value is -2.80. The van der Waals surface area contributed by atoms with Crippen LogP contribution in [0.2, 0.25) is 0 Å². The van der Waals surface area contributed by atoms with Crippen molar-refractivity contribution < 1.29 is 12.8 Å². The molecule has 0 N–H and O–H groups in total. The van der Waals surface area contributed by atoms with Crippen molar-refractivity contribution >= 4 is 32.0 Å². The van der Waals surface area contributed by atoms with E-state index in [9.17, 15) is 8.42 Å². The van der Waals surface area contributed by atoms with E-state index in [4.69, 9.17) is 4.42 Å². The Kier molecular flexibility index (Phi) is 3.54. The lowest BCUT2D eigenvalue weighted by Gasteiger charge is -2.08. The Morgan fingerprint density at radius 3 is 2.68 bits per heavy atom. The van der Waals surface area contributed by atoms with Crippen LogP contribution in [0.5, 0.6) is 0 Å². The number of rotatable bonds is 3. The molecule has 4 rings (SSSR count). The third-order valence-corrected chi connectivity index (χ3v) is 5.73. The van der Waals surface area contributed by atoms with Crippen LogP contribution in [0.4, 0.5) is 0 Å². The lowest BCUT2D eigenvalue weighted by atomic mass is 10.2. The van der Waals surface area contributed by atoms with Crippen LogP contribution in [0.3, 0.4) is 0 Å². The van der Waals surface area contributed by atoms with Crippen molar-refractivity contribution in [2.24, 2.45) is 0 Å². The molecule has 0 radical (unpaired) electrons. The molecule has 0 aliphatic carbocycles. The van der Waals surface area contributed by atoms with Gasteiger partial charge in [-0.05, 0) is 30.7 Å². The molecule has 0 fully saturated rings. The summed E-state index contributed by atoms with van der Waals surface area (Å²) in [6.07, 6.45) is 1.68. The Labute approximate surface area is 144 Å². The molecule has 3 aromatic heterocycles. The van der Waals surface area contributed by atoms with Crippen molar-refractivity contribution in [3.63, 3.8) is 0 Å². The second-order valence-electron chi connectivity index (χ2n) is 5.79. The van der Waals surface area contributed by atoms with Crippen molar-refractivity contribution in [2.75, 3.05) is 5.75 Å². The largest absolute Gasteiger partial charge is 0.416 e. The van der Waals surface area contributed by atoms with Crippen LogP contribution in [0.25, 0.3) is 33.7 Å². The lowest BCUT2D eigenvalue weighted by Crippen LogP contribution is -2.07. The van der Waals surface area contributed by atoms with Crippen molar-refractivity contribution in [2.45, 2.75) is 18.7 Å². The van der Waals surface area contributed by atoms with E-state index in [1.807, 2.05) is 37.3 Å². The number of sulfone groups is 1. The Morgan fingerprint density at radius 1 is 1.08 bits per heavy atom. The lowest BCUT2D eigenvalue weighted by molar-refractivity contribution is 0.590. The molecule has 4 aromatic rings. The summed E-state index contributed by atoms with van der Waals surface area (Å²) in [5, 5.41) is 0.753. The fourth-order valence-electron chi connectivity index (χ4n) is 2.67. The van der Waals surface area contributed by atoms with Gasteiger partial charge in [0.2, 0.25) is 11.6 Å². The van der Waals surface area contributed by atoms with Gasteiger partial charge in [-0.15, -0.1) is 0 Å². The van der Waals surface area contributed by atoms with E-state index in [-0.39, 0.29) is 22.2 Å². The Bertz CT molecular complexity index is 1210. The van der Waals surface area contributed by atoms with Crippen LogP contribution in [0.15, 0.2) is 51.9 Å². The van der Waals surface area contributed by atoms with E-state index in [0.717, 1.165) is 10.9 Å². The van der Waals surface area contributed by atoms with Gasteiger partial charge in [-0.3, -0.25) is 0 Å². The van der Waals surface area contributed by atoms with E-state index in [2.05, 4.69) is 15.0 Å². The average Bonchev–Trinajstić information content (AvgIpc) is 3.03. The van der Waals surface area contributed by atoms with Crippen molar-refractivity contribution in [3.05, 3.63) is 48.2 Å². The third kappa shape index (κ3) is 2.66. The van der Waals surface area contributed by atoms with Gasteiger partial charge in [-0.2, -0.15) is 0 Å². The summed E-state index contributed by atoms with van der Waals surface area (Å²) in [7, 11) is -3.50. The molecule has 0 aliphatic rings. The monoisotopic (exact) mass is 353 g/mol. The molecule has 0 aliphatic heterocycles. The minimum Gasteiger partial charge on any atom is -0.416 e. The molecular weight excluding hydrogens is 338 g/mol. The number of pyridine rings is 2. The molecule has 0 atom stereocenters. The summed E-state index contributed by atoms with van der Waals surface area (Å²) >= 11 is 0. The zero-order valence-corrected chi connectivity index (χ0v) is 14.5. The number of aryl methyl sites for hydroxylation is 1. The number of hydrogen-bond donors (Lipinski definition) is 0. The van der Waals surface area contributed by atoms with Crippen LogP contribution >= 0.6 is 0 Å². The van der Waals surface area contributed by atoms with Gasteiger partial charge in [0.25, 0.3) is 0 Å². The molecule has 0 amide bonds. The van der Waals surface area contributed by atoms with E-state index in [1.54, 1.807) is 19.2 Å². The highest BCUT2D eigenvalue weighted by Crippen LogP contribution is 2.31. The summed E-state index contributed by atoms with van der Waals surface area (Å²) in [5.74, 6) is 0.128. The van der Waals surface area contributed by atoms with Crippen LogP contribution in [-0.2, 0) is 9.84 Å². The summed E-state index contributed by atoms with van der Waals surface area (Å²) in [5.41, 5.74) is 2.77. The highest BCUT2D eigenvalue weighted by molar-refractivity contribution is 7.91. The standard InChI is InChI=1S/C18H15N3O3S/c1-3-25(22,23)15-9-12-6-4-5-7-13(12)20-16(15)18-21-14-8-11(2)10-19-17(14)24-18/h4-10H,3H2,1-2H3. The summed E-state index contributed by atoms with van der Waals surface area (Å²) in [6.45, 7) is 3.51. The topological polar surface area (TPSA) is 86.0 Å². The third-order valence-electron chi connectivity index (χ3n) is 3.99. The van der Waals surface area contributed by atoms with Gasteiger partial charge in [-0.1, -0.05) is 25.1 Å². The number of fused-ring (bicyclic) bond motifs is 2. The molecule has 0 saturated heterocycles. The first-order valence-electron chi connectivity index (χ1n) is 7.84. The molecule has 126 valence electrons. The van der Waals surface area contributed by atoms with E-state index >= 15 is 0 Å². The summed E-state index contributed by atoms with van der Waals surface area (Å²) in [6, 6.07) is 10.8. The number of oxazole rings is 1. The van der Waals surface area contributed by atoms with Gasteiger partial charge in [0.15, 0.2) is 9.84 Å². The zero-order chi connectivity index (χ0) is 17.6. The van der Waals surface area contributed by atoms with Gasteiger partial charge >= 0.3 is 0 Å². The number of aromatic nitrogens is 3. The average molecular weight is 353 g/mol. The zero-order valence-electron chi connectivity index (χ0n) is 13.7. The molecule has 1 aromatic carbocycles. The number of nitrogens with zero attached hydrogens (tertiary/aromatic N) is 3. The number of benzene rings is 1. The maximum atomic E-state index is 12.6. The predicted octanol–water partition coefficient (Wildman–Crippen LogP) is 3.54. The Balaban J connectivity index is 2.05. The van der Waals surface area contributed by atoms with Crippen LogP contribution < -0.4 is 0 Å². The van der Waals surface area contributed by atoms with Crippen LogP contribution in [0, 0.1) is 6.92 Å². The predicted molar refractivity (Wildman–Crippen MR) is 95.0 cm³/mol. The molecule has 3 heterocycles. The molecule has 0 saturated carbocycles. The van der Waals surface area contributed by atoms with Crippen LogP contribution in [0.1, 0.15) is 12.5 Å². The first kappa shape index (κ1) is 15.7. The van der Waals surface area contributed by atoms with E-state index in [1.165, 1.54) is 0 Å². The van der Waals surface area contributed by atoms with E-state index < -0.39 is 9.84 Å². The van der Waals surface area contributed by atoms with Crippen molar-refractivity contribution in [1.29, 1.82) is 0 Å². The molecule has 0 bridgehead atoms. The summed E-state index contributed by atoms with van der Waals surface area (Å²) < 4.78 is 30.9. The maximum absolute atomic E-state index is 12.6. The van der Waals surface area contributed by atoms with Crippen LogP contribution in [-0.4, -0.2) is 29.1 Å². The highest BCUT2D eigenvalue weighted by atomic mass is 32.2. The normalized spacial score (nSPS) is 12.1. The van der Waals surface area contributed by atoms with Gasteiger partial charge in [0.1, 0.15) is 11.2 Å². The van der Waals surface area contributed by atoms with Crippen molar-refractivity contribution in [1.82, 2.24) is 15.0 Å². The second-order valence-corrected chi connectivity index (χ2v) is 8.03. The fourth-order valence-corrected chi connectivity index (χ4v) is 3.71. The molecule has 6 nitrogen and oxygen atoms in total. The second kappa shape index (κ2) is 5.63. The molecule has 25 heavy (non-hydrogen) atoms. The number of hydrogen-bond acceptors (Lipinski definition) is 6. The molecule has 0 spiro atoms. The van der Waals surface area contributed by atoms with Gasteiger partial charge < -0.3 is 4.42 Å². The first-order valence-corrected chi connectivity index (χ1v) is 9.49. The Morgan fingerprint density at radius 2 is 1.88 bits per heavy atom. The minimum atomic E-state index is -3.50. The van der Waals surface area contributed by atoms with Gasteiger partial charge in [0.05, 0.1) is 16.2 Å². The highest BCUT2D eigenvalue weighted by Gasteiger charge is 2.24. The minimum absolute atomic E-state index is 0.0302. The van der Waals surface area contributed by atoms with Gasteiger partial charge in [-0.25, -0.2) is 23.4 Å². The van der Waals surface area contributed by atoms with Crippen molar-refractivity contribution in [3.8, 4) is 11.6 Å². The summed E-state index contributed by atoms with van der Waals surface area (Å²) in [4.78, 5) is 13.2.